The quantitative estimate of drug-likeness (QED) is 0.788. The lowest BCUT2D eigenvalue weighted by atomic mass is 10.2. The average molecular weight is 341 g/mol. The summed E-state index contributed by atoms with van der Waals surface area (Å²) in [6.07, 6.45) is 0. The molecule has 0 saturated heterocycles. The Balaban J connectivity index is 2.02. The smallest absolute Gasteiger partial charge is 0.324 e. The summed E-state index contributed by atoms with van der Waals surface area (Å²) in [6.45, 7) is 1.61. The van der Waals surface area contributed by atoms with Gasteiger partial charge in [-0.2, -0.15) is 0 Å². The summed E-state index contributed by atoms with van der Waals surface area (Å²) in [7, 11) is 0. The van der Waals surface area contributed by atoms with E-state index in [-0.39, 0.29) is 18.6 Å². The lowest BCUT2D eigenvalue weighted by Gasteiger charge is -2.13. The first-order chi connectivity index (χ1) is 12.0. The van der Waals surface area contributed by atoms with Crippen molar-refractivity contribution in [3.8, 4) is 0 Å². The van der Waals surface area contributed by atoms with Crippen LogP contribution in [-0.2, 0) is 17.9 Å². The van der Waals surface area contributed by atoms with Gasteiger partial charge in [-0.1, -0.05) is 18.2 Å². The van der Waals surface area contributed by atoms with Crippen molar-refractivity contribution in [2.75, 3.05) is 5.32 Å². The molecule has 3 rings (SSSR count). The number of carbonyl (C=O) groups is 1. The molecular weight excluding hydrogens is 325 g/mol. The molecule has 1 N–H and O–H groups in total. The Bertz CT molecular complexity index is 1070. The van der Waals surface area contributed by atoms with E-state index < -0.39 is 17.4 Å². The fourth-order valence-electron chi connectivity index (χ4n) is 2.71. The molecule has 0 aliphatic carbocycles. The van der Waals surface area contributed by atoms with Crippen LogP contribution in [0.4, 0.5) is 10.1 Å². The average Bonchev–Trinajstić information content (AvgIpc) is 2.59. The number of nitrogens with zero attached hydrogens (tertiary/aromatic N) is 2. The summed E-state index contributed by atoms with van der Waals surface area (Å²) >= 11 is 0. The Kier molecular flexibility index (Phi) is 4.47. The molecule has 0 aliphatic heterocycles. The molecule has 1 aromatic heterocycles. The first kappa shape index (κ1) is 16.6. The van der Waals surface area contributed by atoms with Crippen molar-refractivity contribution in [1.29, 1.82) is 0 Å². The zero-order valence-corrected chi connectivity index (χ0v) is 13.5. The number of para-hydroxylation sites is 1. The first-order valence-electron chi connectivity index (χ1n) is 7.79. The van der Waals surface area contributed by atoms with Gasteiger partial charge in [0.05, 0.1) is 10.9 Å². The molecule has 0 radical (unpaired) electrons. The molecule has 128 valence electrons. The van der Waals surface area contributed by atoms with Gasteiger partial charge in [0.1, 0.15) is 12.4 Å². The molecule has 3 aromatic rings. The van der Waals surface area contributed by atoms with Gasteiger partial charge in [0, 0.05) is 12.2 Å². The first-order valence-corrected chi connectivity index (χ1v) is 7.79. The van der Waals surface area contributed by atoms with E-state index in [0.29, 0.717) is 16.6 Å². The standard InChI is InChI=1S/C18H16FN3O3/c1-2-21-17(24)14-8-3-4-9-15(14)22(18(21)25)11-16(23)20-13-7-5-6-12(19)10-13/h3-10H,2,11H2,1H3,(H,20,23). The van der Waals surface area contributed by atoms with E-state index in [2.05, 4.69) is 5.32 Å². The minimum Gasteiger partial charge on any atom is -0.324 e. The molecule has 2 aromatic carbocycles. The van der Waals surface area contributed by atoms with E-state index in [4.69, 9.17) is 0 Å². The topological polar surface area (TPSA) is 73.1 Å². The van der Waals surface area contributed by atoms with Gasteiger partial charge >= 0.3 is 5.69 Å². The van der Waals surface area contributed by atoms with Crippen LogP contribution in [0.2, 0.25) is 0 Å². The molecule has 1 heterocycles. The van der Waals surface area contributed by atoms with Crippen molar-refractivity contribution >= 4 is 22.5 Å². The number of halogens is 1. The summed E-state index contributed by atoms with van der Waals surface area (Å²) in [5.41, 5.74) is -0.256. The van der Waals surface area contributed by atoms with Crippen LogP contribution in [0.3, 0.4) is 0 Å². The molecule has 1 amide bonds. The van der Waals surface area contributed by atoms with Gasteiger partial charge < -0.3 is 5.32 Å². The van der Waals surface area contributed by atoms with Gasteiger partial charge in [0.2, 0.25) is 5.91 Å². The zero-order valence-electron chi connectivity index (χ0n) is 13.5. The van der Waals surface area contributed by atoms with Crippen molar-refractivity contribution in [3.05, 3.63) is 75.2 Å². The van der Waals surface area contributed by atoms with Crippen LogP contribution in [0.1, 0.15) is 6.92 Å². The third-order valence-corrected chi connectivity index (χ3v) is 3.86. The molecule has 0 bridgehead atoms. The molecular formula is C18H16FN3O3. The number of fused-ring (bicyclic) bond motifs is 1. The number of anilines is 1. The minimum atomic E-state index is -0.555. The number of rotatable bonds is 4. The van der Waals surface area contributed by atoms with Gasteiger partial charge in [-0.3, -0.25) is 18.7 Å². The van der Waals surface area contributed by atoms with Crippen LogP contribution in [0.15, 0.2) is 58.1 Å². The largest absolute Gasteiger partial charge is 0.331 e. The lowest BCUT2D eigenvalue weighted by molar-refractivity contribution is -0.116. The third kappa shape index (κ3) is 3.21. The second kappa shape index (κ2) is 6.72. The highest BCUT2D eigenvalue weighted by Crippen LogP contribution is 2.10. The zero-order chi connectivity index (χ0) is 18.0. The number of nitrogens with one attached hydrogen (secondary N) is 1. The van der Waals surface area contributed by atoms with Crippen molar-refractivity contribution in [2.45, 2.75) is 20.0 Å². The summed E-state index contributed by atoms with van der Waals surface area (Å²) in [4.78, 5) is 37.2. The predicted molar refractivity (Wildman–Crippen MR) is 93.2 cm³/mol. The predicted octanol–water partition coefficient (Wildman–Crippen LogP) is 1.96. The molecule has 0 atom stereocenters. The maximum Gasteiger partial charge on any atom is 0.331 e. The molecule has 6 nitrogen and oxygen atoms in total. The Morgan fingerprint density at radius 3 is 2.56 bits per heavy atom. The van der Waals surface area contributed by atoms with E-state index in [1.807, 2.05) is 0 Å². The maximum absolute atomic E-state index is 13.2. The number of hydrogen-bond donors (Lipinski definition) is 1. The molecule has 0 aliphatic rings. The van der Waals surface area contributed by atoms with Gasteiger partial charge in [0.25, 0.3) is 5.56 Å². The van der Waals surface area contributed by atoms with E-state index in [9.17, 15) is 18.8 Å². The van der Waals surface area contributed by atoms with Crippen LogP contribution in [0.25, 0.3) is 10.9 Å². The summed E-state index contributed by atoms with van der Waals surface area (Å²) in [5.74, 6) is -0.959. The number of aromatic nitrogens is 2. The molecule has 7 heteroatoms. The summed E-state index contributed by atoms with van der Waals surface area (Å²) in [5, 5.41) is 2.91. The van der Waals surface area contributed by atoms with E-state index in [1.165, 1.54) is 22.8 Å². The molecule has 0 spiro atoms. The number of amides is 1. The molecule has 25 heavy (non-hydrogen) atoms. The SMILES string of the molecule is CCn1c(=O)c2ccccc2n(CC(=O)Nc2cccc(F)c2)c1=O. The van der Waals surface area contributed by atoms with Gasteiger partial charge in [-0.25, -0.2) is 9.18 Å². The van der Waals surface area contributed by atoms with Gasteiger partial charge in [-0.15, -0.1) is 0 Å². The van der Waals surface area contributed by atoms with Crippen molar-refractivity contribution in [2.24, 2.45) is 0 Å². The van der Waals surface area contributed by atoms with E-state index in [0.717, 1.165) is 4.57 Å². The lowest BCUT2D eigenvalue weighted by Crippen LogP contribution is -2.41. The number of benzene rings is 2. The Hall–Kier alpha value is -3.22. The molecule has 0 saturated carbocycles. The Morgan fingerprint density at radius 2 is 1.84 bits per heavy atom. The molecule has 0 fully saturated rings. The number of carbonyl (C=O) groups excluding carboxylic acids is 1. The van der Waals surface area contributed by atoms with Crippen LogP contribution < -0.4 is 16.6 Å². The second-order valence-corrected chi connectivity index (χ2v) is 5.49. The van der Waals surface area contributed by atoms with Gasteiger partial charge in [0.15, 0.2) is 0 Å². The highest BCUT2D eigenvalue weighted by molar-refractivity contribution is 5.91. The molecule has 0 unspecified atom stereocenters. The van der Waals surface area contributed by atoms with Crippen LogP contribution in [-0.4, -0.2) is 15.0 Å². The monoisotopic (exact) mass is 341 g/mol. The van der Waals surface area contributed by atoms with Crippen LogP contribution in [0.5, 0.6) is 0 Å². The van der Waals surface area contributed by atoms with Crippen molar-refractivity contribution < 1.29 is 9.18 Å². The third-order valence-electron chi connectivity index (χ3n) is 3.86. The Labute approximate surface area is 142 Å². The Morgan fingerprint density at radius 1 is 1.08 bits per heavy atom. The normalized spacial score (nSPS) is 10.8. The van der Waals surface area contributed by atoms with E-state index in [1.54, 1.807) is 37.3 Å². The minimum absolute atomic E-state index is 0.202. The van der Waals surface area contributed by atoms with Gasteiger partial charge in [-0.05, 0) is 37.3 Å². The number of hydrogen-bond acceptors (Lipinski definition) is 3. The maximum atomic E-state index is 13.2. The highest BCUT2D eigenvalue weighted by atomic mass is 19.1. The summed E-state index contributed by atoms with van der Waals surface area (Å²) in [6, 6.07) is 12.1. The van der Waals surface area contributed by atoms with E-state index >= 15 is 0 Å². The van der Waals surface area contributed by atoms with Crippen molar-refractivity contribution in [1.82, 2.24) is 9.13 Å². The fraction of sp³-hybridized carbons (Fsp3) is 0.167. The second-order valence-electron chi connectivity index (χ2n) is 5.49. The summed E-state index contributed by atoms with van der Waals surface area (Å²) < 4.78 is 15.5. The fourth-order valence-corrected chi connectivity index (χ4v) is 2.71. The van der Waals surface area contributed by atoms with Crippen LogP contribution >= 0.6 is 0 Å². The van der Waals surface area contributed by atoms with Crippen molar-refractivity contribution in [3.63, 3.8) is 0 Å². The van der Waals surface area contributed by atoms with Crippen LogP contribution in [0, 0.1) is 5.82 Å². The highest BCUT2D eigenvalue weighted by Gasteiger charge is 2.14.